The summed E-state index contributed by atoms with van der Waals surface area (Å²) in [5.74, 6) is 0.264. The Morgan fingerprint density at radius 3 is 2.40 bits per heavy atom. The van der Waals surface area contributed by atoms with Gasteiger partial charge < -0.3 is 0 Å². The van der Waals surface area contributed by atoms with Crippen molar-refractivity contribution in [3.8, 4) is 0 Å². The Bertz CT molecular complexity index is 843. The van der Waals surface area contributed by atoms with Gasteiger partial charge >= 0.3 is 0 Å². The summed E-state index contributed by atoms with van der Waals surface area (Å²) in [6.45, 7) is 2.10. The van der Waals surface area contributed by atoms with E-state index in [2.05, 4.69) is 52.1 Å². The van der Waals surface area contributed by atoms with Gasteiger partial charge in [-0.1, -0.05) is 58.4 Å². The van der Waals surface area contributed by atoms with E-state index in [1.807, 2.05) is 42.5 Å². The topological polar surface area (TPSA) is 30.0 Å². The van der Waals surface area contributed by atoms with Crippen LogP contribution >= 0.6 is 15.9 Å². The van der Waals surface area contributed by atoms with E-state index in [1.165, 1.54) is 11.1 Å². The molecule has 3 rings (SSSR count). The maximum absolute atomic E-state index is 12.7. The molecule has 0 aliphatic rings. The second kappa shape index (κ2) is 8.21. The lowest BCUT2D eigenvalue weighted by Gasteiger charge is -2.20. The van der Waals surface area contributed by atoms with Crippen LogP contribution in [0.5, 0.6) is 0 Å². The van der Waals surface area contributed by atoms with E-state index in [4.69, 9.17) is 0 Å². The first-order valence-corrected chi connectivity index (χ1v) is 9.15. The highest BCUT2D eigenvalue weighted by molar-refractivity contribution is 9.10. The molecule has 0 saturated carbocycles. The molecule has 0 N–H and O–H groups in total. The van der Waals surface area contributed by atoms with Crippen molar-refractivity contribution in [2.45, 2.75) is 25.7 Å². The Hall–Kier alpha value is -2.26. The first-order valence-electron chi connectivity index (χ1n) is 8.36. The maximum Gasteiger partial charge on any atom is 0.139 e. The molecule has 1 heterocycles. The molecule has 25 heavy (non-hydrogen) atoms. The summed E-state index contributed by atoms with van der Waals surface area (Å²) in [7, 11) is 0. The molecule has 0 aliphatic heterocycles. The molecule has 3 aromatic rings. The number of aromatic nitrogens is 1. The zero-order chi connectivity index (χ0) is 17.6. The van der Waals surface area contributed by atoms with Crippen LogP contribution in [0.4, 0.5) is 0 Å². The SMILES string of the molecule is Cc1ccccc1C(CC(=O)Cc1ccccn1)c1ccc(Br)cc1. The lowest BCUT2D eigenvalue weighted by Crippen LogP contribution is -2.12. The summed E-state index contributed by atoms with van der Waals surface area (Å²) in [6.07, 6.45) is 2.58. The van der Waals surface area contributed by atoms with E-state index < -0.39 is 0 Å². The fourth-order valence-corrected chi connectivity index (χ4v) is 3.35. The van der Waals surface area contributed by atoms with E-state index >= 15 is 0 Å². The Morgan fingerprint density at radius 1 is 1.00 bits per heavy atom. The van der Waals surface area contributed by atoms with Crippen molar-refractivity contribution >= 4 is 21.7 Å². The van der Waals surface area contributed by atoms with Crippen LogP contribution < -0.4 is 0 Å². The van der Waals surface area contributed by atoms with Gasteiger partial charge in [-0.25, -0.2) is 0 Å². The maximum atomic E-state index is 12.7. The monoisotopic (exact) mass is 393 g/mol. The summed E-state index contributed by atoms with van der Waals surface area (Å²) in [5.41, 5.74) is 4.40. The summed E-state index contributed by atoms with van der Waals surface area (Å²) in [4.78, 5) is 17.0. The molecule has 0 fully saturated rings. The lowest BCUT2D eigenvalue weighted by molar-refractivity contribution is -0.118. The van der Waals surface area contributed by atoms with E-state index in [-0.39, 0.29) is 11.7 Å². The molecule has 2 aromatic carbocycles. The van der Waals surface area contributed by atoms with Crippen LogP contribution in [-0.4, -0.2) is 10.8 Å². The Labute approximate surface area is 157 Å². The molecule has 0 aliphatic carbocycles. The number of rotatable bonds is 6. The number of pyridine rings is 1. The minimum absolute atomic E-state index is 0.0607. The first-order chi connectivity index (χ1) is 12.1. The molecular formula is C22H20BrNO. The average Bonchev–Trinajstić information content (AvgIpc) is 2.62. The number of carbonyl (C=O) groups is 1. The van der Waals surface area contributed by atoms with Gasteiger partial charge in [-0.05, 0) is 47.9 Å². The zero-order valence-corrected chi connectivity index (χ0v) is 15.7. The van der Waals surface area contributed by atoms with Gasteiger partial charge in [0, 0.05) is 35.1 Å². The first kappa shape index (κ1) is 17.6. The van der Waals surface area contributed by atoms with Crippen molar-refractivity contribution in [1.29, 1.82) is 0 Å². The van der Waals surface area contributed by atoms with Crippen molar-refractivity contribution in [1.82, 2.24) is 4.98 Å². The molecule has 0 saturated heterocycles. The largest absolute Gasteiger partial charge is 0.299 e. The fraction of sp³-hybridized carbons (Fsp3) is 0.182. The molecule has 1 unspecified atom stereocenters. The third-order valence-corrected chi connectivity index (χ3v) is 4.90. The van der Waals surface area contributed by atoms with Crippen LogP contribution in [0.1, 0.15) is 34.7 Å². The second-order valence-corrected chi connectivity index (χ2v) is 7.12. The minimum Gasteiger partial charge on any atom is -0.299 e. The predicted molar refractivity (Wildman–Crippen MR) is 105 cm³/mol. The number of halogens is 1. The van der Waals surface area contributed by atoms with Crippen LogP contribution in [0.3, 0.4) is 0 Å². The van der Waals surface area contributed by atoms with Gasteiger partial charge in [0.05, 0.1) is 0 Å². The number of benzene rings is 2. The summed E-state index contributed by atoms with van der Waals surface area (Å²) in [6, 6.07) is 22.2. The molecular weight excluding hydrogens is 374 g/mol. The van der Waals surface area contributed by atoms with Crippen LogP contribution in [0, 0.1) is 6.92 Å². The second-order valence-electron chi connectivity index (χ2n) is 6.20. The normalized spacial score (nSPS) is 11.9. The molecule has 1 aromatic heterocycles. The van der Waals surface area contributed by atoms with Gasteiger partial charge in [-0.3, -0.25) is 9.78 Å². The van der Waals surface area contributed by atoms with Gasteiger partial charge in [-0.2, -0.15) is 0 Å². The summed E-state index contributed by atoms with van der Waals surface area (Å²) >= 11 is 3.49. The molecule has 3 heteroatoms. The molecule has 1 atom stereocenters. The predicted octanol–water partition coefficient (Wildman–Crippen LogP) is 5.49. The standard InChI is InChI=1S/C22H20BrNO/c1-16-6-2-3-8-21(16)22(17-9-11-18(23)12-10-17)15-20(25)14-19-7-4-5-13-24-19/h2-13,22H,14-15H2,1H3. The minimum atomic E-state index is 0.0607. The van der Waals surface area contributed by atoms with Crippen LogP contribution in [0.15, 0.2) is 77.4 Å². The number of nitrogens with zero attached hydrogens (tertiary/aromatic N) is 1. The van der Waals surface area contributed by atoms with Crippen LogP contribution in [0.25, 0.3) is 0 Å². The third kappa shape index (κ3) is 4.64. The highest BCUT2D eigenvalue weighted by Crippen LogP contribution is 2.31. The van der Waals surface area contributed by atoms with E-state index in [0.717, 1.165) is 15.7 Å². The Kier molecular flexibility index (Phi) is 5.77. The number of ketones is 1. The summed E-state index contributed by atoms with van der Waals surface area (Å²) in [5, 5.41) is 0. The van der Waals surface area contributed by atoms with Gasteiger partial charge in [0.2, 0.25) is 0 Å². The zero-order valence-electron chi connectivity index (χ0n) is 14.2. The molecule has 0 spiro atoms. The molecule has 0 amide bonds. The third-order valence-electron chi connectivity index (χ3n) is 4.37. The van der Waals surface area contributed by atoms with E-state index in [1.54, 1.807) is 6.20 Å². The summed E-state index contributed by atoms with van der Waals surface area (Å²) < 4.78 is 1.04. The van der Waals surface area contributed by atoms with E-state index in [0.29, 0.717) is 12.8 Å². The molecule has 2 nitrogen and oxygen atoms in total. The van der Waals surface area contributed by atoms with Crippen molar-refractivity contribution in [2.24, 2.45) is 0 Å². The smallest absolute Gasteiger partial charge is 0.139 e. The van der Waals surface area contributed by atoms with Crippen molar-refractivity contribution in [2.75, 3.05) is 0 Å². The van der Waals surface area contributed by atoms with Crippen molar-refractivity contribution in [3.05, 3.63) is 99.8 Å². The van der Waals surface area contributed by atoms with Crippen LogP contribution in [-0.2, 0) is 11.2 Å². The average molecular weight is 394 g/mol. The van der Waals surface area contributed by atoms with Gasteiger partial charge in [0.15, 0.2) is 0 Å². The van der Waals surface area contributed by atoms with Crippen molar-refractivity contribution < 1.29 is 4.79 Å². The van der Waals surface area contributed by atoms with Crippen LogP contribution in [0.2, 0.25) is 0 Å². The number of aryl methyl sites for hydroxylation is 1. The number of hydrogen-bond donors (Lipinski definition) is 0. The highest BCUT2D eigenvalue weighted by atomic mass is 79.9. The lowest BCUT2D eigenvalue weighted by atomic mass is 9.84. The Balaban J connectivity index is 1.87. The van der Waals surface area contributed by atoms with Crippen molar-refractivity contribution in [3.63, 3.8) is 0 Å². The molecule has 0 bridgehead atoms. The fourth-order valence-electron chi connectivity index (χ4n) is 3.08. The van der Waals surface area contributed by atoms with E-state index in [9.17, 15) is 4.79 Å². The highest BCUT2D eigenvalue weighted by Gasteiger charge is 2.20. The molecule has 126 valence electrons. The quantitative estimate of drug-likeness (QED) is 0.554. The van der Waals surface area contributed by atoms with Gasteiger partial charge in [0.1, 0.15) is 5.78 Å². The number of Topliss-reactive ketones (excluding diaryl/α,β-unsaturated/α-hetero) is 1. The number of carbonyl (C=O) groups excluding carboxylic acids is 1. The van der Waals surface area contributed by atoms with Gasteiger partial charge in [0.25, 0.3) is 0 Å². The van der Waals surface area contributed by atoms with Gasteiger partial charge in [-0.15, -0.1) is 0 Å². The molecule has 0 radical (unpaired) electrons. The Morgan fingerprint density at radius 2 is 1.72 bits per heavy atom. The number of hydrogen-bond acceptors (Lipinski definition) is 2.